The standard InChI is InChI=1S/C15H15N3O3/c1-21-12-4-2-10(3-5-12)13(16)6-7-14-17-9-11(18-14)8-15(19)20/h2-7,9,16H,8H2,1H3,(H,17,18)(H,19,20)/b7-6-,16-13?. The molecule has 3 N–H and O–H groups in total. The van der Waals surface area contributed by atoms with Crippen molar-refractivity contribution in [2.45, 2.75) is 6.42 Å². The van der Waals surface area contributed by atoms with E-state index >= 15 is 0 Å². The van der Waals surface area contributed by atoms with Gasteiger partial charge in [0.2, 0.25) is 0 Å². The lowest BCUT2D eigenvalue weighted by molar-refractivity contribution is -0.136. The van der Waals surface area contributed by atoms with Crippen LogP contribution in [-0.4, -0.2) is 33.9 Å². The van der Waals surface area contributed by atoms with Crippen molar-refractivity contribution < 1.29 is 14.6 Å². The Balaban J connectivity index is 2.03. The summed E-state index contributed by atoms with van der Waals surface area (Å²) >= 11 is 0. The number of hydrogen-bond donors (Lipinski definition) is 3. The van der Waals surface area contributed by atoms with Gasteiger partial charge in [0.1, 0.15) is 11.6 Å². The van der Waals surface area contributed by atoms with E-state index in [-0.39, 0.29) is 6.42 Å². The van der Waals surface area contributed by atoms with Gasteiger partial charge >= 0.3 is 5.97 Å². The minimum absolute atomic E-state index is 0.100. The van der Waals surface area contributed by atoms with Crippen molar-refractivity contribution in [2.24, 2.45) is 0 Å². The van der Waals surface area contributed by atoms with Crippen LogP contribution < -0.4 is 4.74 Å². The summed E-state index contributed by atoms with van der Waals surface area (Å²) < 4.78 is 5.06. The van der Waals surface area contributed by atoms with Gasteiger partial charge in [-0.3, -0.25) is 4.79 Å². The van der Waals surface area contributed by atoms with E-state index in [0.717, 1.165) is 11.3 Å². The molecule has 1 heterocycles. The maximum absolute atomic E-state index is 10.6. The third kappa shape index (κ3) is 4.04. The van der Waals surface area contributed by atoms with Crippen LogP contribution >= 0.6 is 0 Å². The number of nitrogens with one attached hydrogen (secondary N) is 2. The van der Waals surface area contributed by atoms with E-state index in [9.17, 15) is 4.79 Å². The monoisotopic (exact) mass is 285 g/mol. The van der Waals surface area contributed by atoms with E-state index in [0.29, 0.717) is 17.2 Å². The molecule has 0 saturated carbocycles. The highest BCUT2D eigenvalue weighted by atomic mass is 16.5. The Hall–Kier alpha value is -2.89. The molecule has 0 aliphatic carbocycles. The summed E-state index contributed by atoms with van der Waals surface area (Å²) in [5, 5.41) is 16.6. The highest BCUT2D eigenvalue weighted by Gasteiger charge is 2.03. The molecule has 0 bridgehead atoms. The zero-order valence-electron chi connectivity index (χ0n) is 11.5. The minimum Gasteiger partial charge on any atom is -0.497 e. The van der Waals surface area contributed by atoms with Gasteiger partial charge in [0.25, 0.3) is 0 Å². The van der Waals surface area contributed by atoms with Crippen molar-refractivity contribution in [2.75, 3.05) is 7.11 Å². The summed E-state index contributed by atoms with van der Waals surface area (Å²) in [6.07, 6.45) is 4.62. The number of nitrogens with zero attached hydrogens (tertiary/aromatic N) is 1. The fraction of sp³-hybridized carbons (Fsp3) is 0.133. The summed E-state index contributed by atoms with van der Waals surface area (Å²) in [7, 11) is 1.59. The summed E-state index contributed by atoms with van der Waals surface area (Å²) in [5.74, 6) is 0.338. The van der Waals surface area contributed by atoms with Gasteiger partial charge in [-0.1, -0.05) is 0 Å². The molecule has 0 atom stereocenters. The molecular weight excluding hydrogens is 270 g/mol. The van der Waals surface area contributed by atoms with Crippen molar-refractivity contribution in [3.8, 4) is 5.75 Å². The topological polar surface area (TPSA) is 99.1 Å². The summed E-state index contributed by atoms with van der Waals surface area (Å²) in [6, 6.07) is 7.16. The van der Waals surface area contributed by atoms with Gasteiger partial charge in [0.15, 0.2) is 0 Å². The second-order valence-corrected chi connectivity index (χ2v) is 4.34. The first-order valence-electron chi connectivity index (χ1n) is 6.25. The number of imidazole rings is 1. The Bertz CT molecular complexity index is 672. The maximum atomic E-state index is 10.6. The lowest BCUT2D eigenvalue weighted by Crippen LogP contribution is -1.99. The number of aliphatic carboxylic acids is 1. The third-order valence-electron chi connectivity index (χ3n) is 2.80. The number of hydrogen-bond acceptors (Lipinski definition) is 4. The molecule has 0 radical (unpaired) electrons. The second-order valence-electron chi connectivity index (χ2n) is 4.34. The first-order chi connectivity index (χ1) is 10.1. The Morgan fingerprint density at radius 2 is 2.14 bits per heavy atom. The van der Waals surface area contributed by atoms with Crippen LogP contribution in [-0.2, 0) is 11.2 Å². The molecule has 21 heavy (non-hydrogen) atoms. The lowest BCUT2D eigenvalue weighted by Gasteiger charge is -2.01. The first-order valence-corrected chi connectivity index (χ1v) is 6.25. The fourth-order valence-corrected chi connectivity index (χ4v) is 1.74. The fourth-order valence-electron chi connectivity index (χ4n) is 1.74. The largest absolute Gasteiger partial charge is 0.497 e. The van der Waals surface area contributed by atoms with Gasteiger partial charge < -0.3 is 20.2 Å². The highest BCUT2D eigenvalue weighted by molar-refractivity contribution is 6.08. The van der Waals surface area contributed by atoms with Crippen LogP contribution in [0.2, 0.25) is 0 Å². The first kappa shape index (κ1) is 14.5. The number of aromatic nitrogens is 2. The molecule has 0 spiro atoms. The Labute approximate surface area is 121 Å². The van der Waals surface area contributed by atoms with Gasteiger partial charge in [-0.25, -0.2) is 4.98 Å². The highest BCUT2D eigenvalue weighted by Crippen LogP contribution is 2.12. The van der Waals surface area contributed by atoms with E-state index in [1.54, 1.807) is 43.5 Å². The number of H-pyrrole nitrogens is 1. The minimum atomic E-state index is -0.917. The normalized spacial score (nSPS) is 10.7. The predicted molar refractivity (Wildman–Crippen MR) is 78.8 cm³/mol. The molecule has 0 unspecified atom stereocenters. The maximum Gasteiger partial charge on any atom is 0.309 e. The van der Waals surface area contributed by atoms with Crippen LogP contribution in [0.15, 0.2) is 36.5 Å². The van der Waals surface area contributed by atoms with Gasteiger partial charge in [-0.2, -0.15) is 0 Å². The van der Waals surface area contributed by atoms with Crippen LogP contribution in [0.3, 0.4) is 0 Å². The van der Waals surface area contributed by atoms with Gasteiger partial charge in [-0.15, -0.1) is 0 Å². The van der Waals surface area contributed by atoms with Crippen molar-refractivity contribution in [1.82, 2.24) is 9.97 Å². The van der Waals surface area contributed by atoms with Crippen LogP contribution in [0, 0.1) is 5.41 Å². The number of rotatable bonds is 6. The van der Waals surface area contributed by atoms with E-state index in [4.69, 9.17) is 15.3 Å². The molecule has 1 aromatic carbocycles. The molecule has 0 saturated heterocycles. The second kappa shape index (κ2) is 6.51. The quantitative estimate of drug-likeness (QED) is 0.708. The van der Waals surface area contributed by atoms with E-state index in [1.165, 1.54) is 6.20 Å². The van der Waals surface area contributed by atoms with Crippen molar-refractivity contribution in [1.29, 1.82) is 5.41 Å². The molecule has 0 aliphatic rings. The van der Waals surface area contributed by atoms with Crippen LogP contribution in [0.25, 0.3) is 6.08 Å². The molecule has 1 aromatic heterocycles. The number of ether oxygens (including phenoxy) is 1. The van der Waals surface area contributed by atoms with E-state index in [2.05, 4.69) is 9.97 Å². The van der Waals surface area contributed by atoms with Gasteiger partial charge in [0.05, 0.1) is 19.2 Å². The molecule has 6 nitrogen and oxygen atoms in total. The molecule has 0 fully saturated rings. The SMILES string of the molecule is COc1ccc(C(=N)/C=C\c2ncc(CC(=O)O)[nH]2)cc1. The predicted octanol–water partition coefficient (Wildman–Crippen LogP) is 2.13. The zero-order chi connectivity index (χ0) is 15.2. The van der Waals surface area contributed by atoms with Gasteiger partial charge in [0, 0.05) is 11.9 Å². The van der Waals surface area contributed by atoms with Crippen molar-refractivity contribution in [3.05, 3.63) is 53.6 Å². The van der Waals surface area contributed by atoms with Crippen molar-refractivity contribution >= 4 is 17.8 Å². The lowest BCUT2D eigenvalue weighted by atomic mass is 10.1. The Morgan fingerprint density at radius 1 is 1.43 bits per heavy atom. The van der Waals surface area contributed by atoms with Crippen LogP contribution in [0.4, 0.5) is 0 Å². The number of allylic oxidation sites excluding steroid dienone is 1. The molecule has 2 aromatic rings. The molecular formula is C15H15N3O3. The van der Waals surface area contributed by atoms with Crippen molar-refractivity contribution in [3.63, 3.8) is 0 Å². The Morgan fingerprint density at radius 3 is 2.76 bits per heavy atom. The van der Waals surface area contributed by atoms with Crippen LogP contribution in [0.5, 0.6) is 5.75 Å². The third-order valence-corrected chi connectivity index (χ3v) is 2.80. The number of carbonyl (C=O) groups is 1. The molecule has 108 valence electrons. The molecule has 6 heteroatoms. The summed E-state index contributed by atoms with van der Waals surface area (Å²) in [5.41, 5.74) is 1.61. The summed E-state index contributed by atoms with van der Waals surface area (Å²) in [6.45, 7) is 0. The smallest absolute Gasteiger partial charge is 0.309 e. The van der Waals surface area contributed by atoms with Crippen LogP contribution in [0.1, 0.15) is 17.1 Å². The molecule has 2 rings (SSSR count). The molecule has 0 aliphatic heterocycles. The summed E-state index contributed by atoms with van der Waals surface area (Å²) in [4.78, 5) is 17.5. The zero-order valence-corrected chi connectivity index (χ0v) is 11.5. The van der Waals surface area contributed by atoms with E-state index < -0.39 is 5.97 Å². The number of benzene rings is 1. The Kier molecular flexibility index (Phi) is 4.50. The number of methoxy groups -OCH3 is 1. The number of carboxylic acid groups (broad SMARTS) is 1. The van der Waals surface area contributed by atoms with Gasteiger partial charge in [-0.05, 0) is 42.0 Å². The number of carboxylic acids is 1. The average Bonchev–Trinajstić information content (AvgIpc) is 2.91. The average molecular weight is 285 g/mol. The van der Waals surface area contributed by atoms with E-state index in [1.807, 2.05) is 0 Å². The molecule has 0 amide bonds. The number of aromatic amines is 1.